The van der Waals surface area contributed by atoms with Crippen molar-refractivity contribution in [1.29, 1.82) is 0 Å². The zero-order valence-corrected chi connectivity index (χ0v) is 12.4. The summed E-state index contributed by atoms with van der Waals surface area (Å²) in [6, 6.07) is 22.8. The van der Waals surface area contributed by atoms with Gasteiger partial charge < -0.3 is 0 Å². The summed E-state index contributed by atoms with van der Waals surface area (Å²) >= 11 is 2.38. The second-order valence-electron chi connectivity index (χ2n) is 4.25. The summed E-state index contributed by atoms with van der Waals surface area (Å²) in [4.78, 5) is 4.58. The summed E-state index contributed by atoms with van der Waals surface area (Å²) in [5.41, 5.74) is 4.60. The molecule has 0 fully saturated rings. The summed E-state index contributed by atoms with van der Waals surface area (Å²) in [6.07, 6.45) is 1.87. The van der Waals surface area contributed by atoms with E-state index in [1.54, 1.807) is 0 Å². The third-order valence-electron chi connectivity index (χ3n) is 3.01. The van der Waals surface area contributed by atoms with E-state index < -0.39 is 0 Å². The lowest BCUT2D eigenvalue weighted by molar-refractivity contribution is 1.31. The Bertz CT molecular complexity index is 678. The minimum atomic E-state index is 1.04. The monoisotopic (exact) mass is 357 g/mol. The van der Waals surface area contributed by atoms with Crippen LogP contribution in [0.15, 0.2) is 72.9 Å². The molecule has 0 bridgehead atoms. The molecule has 1 aromatic heterocycles. The second kappa shape index (κ2) is 5.53. The van der Waals surface area contributed by atoms with Gasteiger partial charge in [0, 0.05) is 20.9 Å². The lowest BCUT2D eigenvalue weighted by Gasteiger charge is -2.11. The lowest BCUT2D eigenvalue weighted by atomic mass is 10.00. The van der Waals surface area contributed by atoms with Crippen molar-refractivity contribution in [1.82, 2.24) is 4.98 Å². The van der Waals surface area contributed by atoms with Crippen LogP contribution >= 0.6 is 22.6 Å². The van der Waals surface area contributed by atoms with Crippen LogP contribution in [0.25, 0.3) is 22.4 Å². The van der Waals surface area contributed by atoms with Gasteiger partial charge in [-0.25, -0.2) is 0 Å². The van der Waals surface area contributed by atoms with Gasteiger partial charge in [0.25, 0.3) is 0 Å². The summed E-state index contributed by atoms with van der Waals surface area (Å²) in [5.74, 6) is 0. The Morgan fingerprint density at radius 1 is 0.684 bits per heavy atom. The molecule has 3 aromatic rings. The molecule has 92 valence electrons. The van der Waals surface area contributed by atoms with Crippen LogP contribution in [0.5, 0.6) is 0 Å². The number of aromatic nitrogens is 1. The molecule has 19 heavy (non-hydrogen) atoms. The highest BCUT2D eigenvalue weighted by atomic mass is 127. The van der Waals surface area contributed by atoms with Crippen molar-refractivity contribution in [3.63, 3.8) is 0 Å². The quantitative estimate of drug-likeness (QED) is 0.587. The van der Waals surface area contributed by atoms with Gasteiger partial charge in [0.05, 0.1) is 5.69 Å². The number of pyridine rings is 1. The van der Waals surface area contributed by atoms with E-state index in [4.69, 9.17) is 0 Å². The highest BCUT2D eigenvalue weighted by Gasteiger charge is 2.11. The Morgan fingerprint density at radius 2 is 1.26 bits per heavy atom. The summed E-state index contributed by atoms with van der Waals surface area (Å²) < 4.78 is 1.22. The number of hydrogen-bond donors (Lipinski definition) is 0. The first-order chi connectivity index (χ1) is 9.36. The van der Waals surface area contributed by atoms with Crippen LogP contribution in [-0.2, 0) is 0 Å². The predicted molar refractivity (Wildman–Crippen MR) is 87.8 cm³/mol. The van der Waals surface area contributed by atoms with Crippen LogP contribution in [0.3, 0.4) is 0 Å². The minimum Gasteiger partial charge on any atom is -0.256 e. The van der Waals surface area contributed by atoms with Crippen molar-refractivity contribution in [2.24, 2.45) is 0 Å². The molecule has 0 saturated heterocycles. The number of rotatable bonds is 2. The van der Waals surface area contributed by atoms with E-state index in [2.05, 4.69) is 70.0 Å². The van der Waals surface area contributed by atoms with Gasteiger partial charge in [0.1, 0.15) is 0 Å². The topological polar surface area (TPSA) is 12.9 Å². The maximum Gasteiger partial charge on any atom is 0.0790 e. The van der Waals surface area contributed by atoms with Crippen LogP contribution in [0, 0.1) is 3.57 Å². The molecular weight excluding hydrogens is 345 g/mol. The lowest BCUT2D eigenvalue weighted by Crippen LogP contribution is -1.92. The maximum absolute atomic E-state index is 4.58. The van der Waals surface area contributed by atoms with Crippen LogP contribution in [0.4, 0.5) is 0 Å². The molecule has 3 rings (SSSR count). The zero-order valence-electron chi connectivity index (χ0n) is 10.3. The molecule has 1 heterocycles. The summed E-state index contributed by atoms with van der Waals surface area (Å²) in [5, 5.41) is 0. The average molecular weight is 357 g/mol. The average Bonchev–Trinajstić information content (AvgIpc) is 2.49. The normalized spacial score (nSPS) is 10.4. The number of benzene rings is 2. The fourth-order valence-corrected chi connectivity index (χ4v) is 2.86. The van der Waals surface area contributed by atoms with Gasteiger partial charge >= 0.3 is 0 Å². The fourth-order valence-electron chi connectivity index (χ4n) is 2.13. The van der Waals surface area contributed by atoms with E-state index in [-0.39, 0.29) is 0 Å². The Hall–Kier alpha value is -1.68. The van der Waals surface area contributed by atoms with E-state index in [1.165, 1.54) is 14.7 Å². The molecule has 2 heteroatoms. The number of halogens is 1. The molecule has 0 N–H and O–H groups in total. The van der Waals surface area contributed by atoms with Crippen molar-refractivity contribution in [3.05, 3.63) is 76.5 Å². The number of nitrogens with zero attached hydrogens (tertiary/aromatic N) is 1. The van der Waals surface area contributed by atoms with Crippen LogP contribution in [0.2, 0.25) is 0 Å². The fraction of sp³-hybridized carbons (Fsp3) is 0. The SMILES string of the molecule is Ic1ccnc(-c2ccccc2)c1-c1ccccc1. The number of hydrogen-bond acceptors (Lipinski definition) is 1. The molecule has 0 amide bonds. The van der Waals surface area contributed by atoms with E-state index in [9.17, 15) is 0 Å². The van der Waals surface area contributed by atoms with Gasteiger partial charge in [0.15, 0.2) is 0 Å². The summed E-state index contributed by atoms with van der Waals surface area (Å²) in [7, 11) is 0. The molecule has 0 unspecified atom stereocenters. The van der Waals surface area contributed by atoms with Gasteiger partial charge in [0.2, 0.25) is 0 Å². The minimum absolute atomic E-state index is 1.04. The molecular formula is C17H12IN. The smallest absolute Gasteiger partial charge is 0.0790 e. The van der Waals surface area contributed by atoms with Crippen LogP contribution < -0.4 is 0 Å². The molecule has 0 radical (unpaired) electrons. The third kappa shape index (κ3) is 2.54. The Kier molecular flexibility index (Phi) is 3.60. The summed E-state index contributed by atoms with van der Waals surface area (Å²) in [6.45, 7) is 0. The Labute approximate surface area is 126 Å². The molecule has 1 nitrogen and oxygen atoms in total. The standard InChI is InChI=1S/C17H12IN/c18-15-11-12-19-17(14-9-5-2-6-10-14)16(15)13-7-3-1-4-8-13/h1-12H. The van der Waals surface area contributed by atoms with E-state index in [0.29, 0.717) is 0 Å². The Balaban J connectivity index is 2.25. The van der Waals surface area contributed by atoms with Crippen molar-refractivity contribution >= 4 is 22.6 Å². The van der Waals surface area contributed by atoms with E-state index in [1.807, 2.05) is 30.5 Å². The van der Waals surface area contributed by atoms with Gasteiger partial charge in [-0.3, -0.25) is 4.98 Å². The first-order valence-electron chi connectivity index (χ1n) is 6.11. The molecule has 0 spiro atoms. The van der Waals surface area contributed by atoms with Crippen molar-refractivity contribution in [2.45, 2.75) is 0 Å². The van der Waals surface area contributed by atoms with Crippen LogP contribution in [0.1, 0.15) is 0 Å². The second-order valence-corrected chi connectivity index (χ2v) is 5.41. The highest BCUT2D eigenvalue weighted by Crippen LogP contribution is 2.33. The largest absolute Gasteiger partial charge is 0.256 e. The van der Waals surface area contributed by atoms with Crippen molar-refractivity contribution in [3.8, 4) is 22.4 Å². The molecule has 0 aliphatic rings. The van der Waals surface area contributed by atoms with Gasteiger partial charge in [-0.2, -0.15) is 0 Å². The van der Waals surface area contributed by atoms with Crippen molar-refractivity contribution < 1.29 is 0 Å². The third-order valence-corrected chi connectivity index (χ3v) is 3.91. The maximum atomic E-state index is 4.58. The first-order valence-corrected chi connectivity index (χ1v) is 7.19. The van der Waals surface area contributed by atoms with Gasteiger partial charge in [-0.1, -0.05) is 60.7 Å². The predicted octanol–water partition coefficient (Wildman–Crippen LogP) is 5.02. The Morgan fingerprint density at radius 3 is 1.89 bits per heavy atom. The molecule has 0 saturated carbocycles. The molecule has 0 aliphatic carbocycles. The van der Waals surface area contributed by atoms with E-state index in [0.717, 1.165) is 11.3 Å². The molecule has 2 aromatic carbocycles. The van der Waals surface area contributed by atoms with Crippen LogP contribution in [-0.4, -0.2) is 4.98 Å². The molecule has 0 aliphatic heterocycles. The van der Waals surface area contributed by atoms with E-state index >= 15 is 0 Å². The van der Waals surface area contributed by atoms with Crippen molar-refractivity contribution in [2.75, 3.05) is 0 Å². The van der Waals surface area contributed by atoms with Gasteiger partial charge in [-0.05, 0) is 34.2 Å². The molecule has 0 atom stereocenters. The first kappa shape index (κ1) is 12.4. The van der Waals surface area contributed by atoms with Gasteiger partial charge in [-0.15, -0.1) is 0 Å². The zero-order chi connectivity index (χ0) is 13.1. The highest BCUT2D eigenvalue weighted by molar-refractivity contribution is 14.1.